The third-order valence-electron chi connectivity index (χ3n) is 5.29. The summed E-state index contributed by atoms with van der Waals surface area (Å²) < 4.78 is 87.9. The van der Waals surface area contributed by atoms with Gasteiger partial charge in [0.2, 0.25) is 5.13 Å². The average molecular weight is 609 g/mol. The van der Waals surface area contributed by atoms with Crippen molar-refractivity contribution in [2.24, 2.45) is 0 Å². The second-order valence-electron chi connectivity index (χ2n) is 7.91. The Bertz CT molecular complexity index is 1790. The van der Waals surface area contributed by atoms with Gasteiger partial charge < -0.3 is 4.74 Å². The molecule has 3 heterocycles. The first kappa shape index (κ1) is 27.4. The van der Waals surface area contributed by atoms with Crippen LogP contribution in [0, 0.1) is 5.82 Å². The van der Waals surface area contributed by atoms with E-state index >= 15 is 0 Å². The fourth-order valence-electron chi connectivity index (χ4n) is 3.51. The largest absolute Gasteiger partial charge is 0.455 e. The van der Waals surface area contributed by atoms with Gasteiger partial charge in [0.15, 0.2) is 0 Å². The zero-order chi connectivity index (χ0) is 28.5. The molecule has 2 aromatic carbocycles. The van der Waals surface area contributed by atoms with Crippen LogP contribution >= 0.6 is 22.9 Å². The molecule has 40 heavy (non-hydrogen) atoms. The lowest BCUT2D eigenvalue weighted by Crippen LogP contribution is -2.14. The Hall–Kier alpha value is -4.21. The van der Waals surface area contributed by atoms with E-state index < -0.39 is 32.6 Å². The number of nitrogens with one attached hydrogen (secondary N) is 1. The Morgan fingerprint density at radius 1 is 0.950 bits per heavy atom. The molecule has 16 heteroatoms. The topological polar surface area (TPSA) is 120 Å². The molecule has 0 aliphatic carbocycles. The van der Waals surface area contributed by atoms with Crippen LogP contribution in [0.15, 0.2) is 77.4 Å². The summed E-state index contributed by atoms with van der Waals surface area (Å²) in [4.78, 5) is 2.97. The zero-order valence-corrected chi connectivity index (χ0v) is 22.0. The van der Waals surface area contributed by atoms with Crippen molar-refractivity contribution < 1.29 is 30.7 Å². The highest BCUT2D eigenvalue weighted by molar-refractivity contribution is 7.93. The first-order valence-electron chi connectivity index (χ1n) is 10.9. The number of benzene rings is 2. The fraction of sp³-hybridized carbons (Fsp3) is 0.0417. The molecule has 0 aliphatic heterocycles. The highest BCUT2D eigenvalue weighted by Crippen LogP contribution is 2.40. The summed E-state index contributed by atoms with van der Waals surface area (Å²) >= 11 is 7.17. The molecule has 0 atom stereocenters. The van der Waals surface area contributed by atoms with E-state index in [-0.39, 0.29) is 27.3 Å². The number of nitrogens with zero attached hydrogens (tertiary/aromatic N) is 5. The molecule has 9 nitrogen and oxygen atoms in total. The van der Waals surface area contributed by atoms with Gasteiger partial charge in [-0.2, -0.15) is 23.4 Å². The molecule has 3 aromatic heterocycles. The number of alkyl halides is 3. The van der Waals surface area contributed by atoms with Crippen LogP contribution in [-0.2, 0) is 16.2 Å². The minimum Gasteiger partial charge on any atom is -0.455 e. The number of aromatic nitrogens is 5. The average Bonchev–Trinajstić information content (AvgIpc) is 3.43. The summed E-state index contributed by atoms with van der Waals surface area (Å²) in [7, 11) is -4.39. The van der Waals surface area contributed by atoms with Gasteiger partial charge in [-0.3, -0.25) is 4.72 Å². The number of hydrogen-bond acceptors (Lipinski definition) is 9. The summed E-state index contributed by atoms with van der Waals surface area (Å²) in [6.45, 7) is 0. The maximum absolute atomic E-state index is 15.0. The molecule has 1 N–H and O–H groups in total. The molecule has 0 unspecified atom stereocenters. The summed E-state index contributed by atoms with van der Waals surface area (Å²) in [6, 6.07) is 11.2. The number of hydrogen-bond donors (Lipinski definition) is 1. The van der Waals surface area contributed by atoms with E-state index in [2.05, 4.69) is 30.1 Å². The Morgan fingerprint density at radius 3 is 2.48 bits per heavy atom. The number of ether oxygens (including phenoxy) is 1. The maximum atomic E-state index is 15.0. The van der Waals surface area contributed by atoms with Gasteiger partial charge in [-0.05, 0) is 42.5 Å². The second kappa shape index (κ2) is 10.7. The third kappa shape index (κ3) is 5.85. The molecule has 0 spiro atoms. The molecule has 0 saturated heterocycles. The van der Waals surface area contributed by atoms with Gasteiger partial charge in [-0.25, -0.2) is 17.8 Å². The van der Waals surface area contributed by atoms with E-state index in [4.69, 9.17) is 16.3 Å². The molecule has 204 valence electrons. The number of pyridine rings is 1. The van der Waals surface area contributed by atoms with E-state index in [0.29, 0.717) is 16.7 Å². The van der Waals surface area contributed by atoms with Crippen LogP contribution in [0.1, 0.15) is 5.69 Å². The highest BCUT2D eigenvalue weighted by Gasteiger charge is 2.32. The van der Waals surface area contributed by atoms with Gasteiger partial charge in [0.05, 0.1) is 23.1 Å². The number of sulfonamides is 1. The molecular formula is C24H13ClF4N6O3S2. The monoisotopic (exact) mass is 608 g/mol. The Morgan fingerprint density at radius 2 is 1.77 bits per heavy atom. The molecule has 0 bridgehead atoms. The molecule has 0 aliphatic rings. The van der Waals surface area contributed by atoms with Crippen LogP contribution in [0.2, 0.25) is 5.02 Å². The molecular weight excluding hydrogens is 596 g/mol. The van der Waals surface area contributed by atoms with Crippen LogP contribution in [0.4, 0.5) is 22.7 Å². The Labute approximate surface area is 232 Å². The minimum absolute atomic E-state index is 0.0474. The van der Waals surface area contributed by atoms with Gasteiger partial charge in [0, 0.05) is 22.8 Å². The van der Waals surface area contributed by atoms with E-state index in [1.807, 2.05) is 0 Å². The lowest BCUT2D eigenvalue weighted by atomic mass is 10.0. The first-order valence-corrected chi connectivity index (χ1v) is 13.7. The Balaban J connectivity index is 1.53. The predicted octanol–water partition coefficient (Wildman–Crippen LogP) is 6.46. The lowest BCUT2D eigenvalue weighted by Gasteiger charge is -2.15. The van der Waals surface area contributed by atoms with Crippen LogP contribution in [0.3, 0.4) is 0 Å². The number of anilines is 1. The molecule has 0 radical (unpaired) electrons. The van der Waals surface area contributed by atoms with E-state index in [0.717, 1.165) is 29.5 Å². The van der Waals surface area contributed by atoms with Gasteiger partial charge in [-0.1, -0.05) is 29.0 Å². The van der Waals surface area contributed by atoms with Gasteiger partial charge in [-0.15, -0.1) is 10.2 Å². The zero-order valence-electron chi connectivity index (χ0n) is 19.6. The summed E-state index contributed by atoms with van der Waals surface area (Å²) in [6.07, 6.45) is -1.85. The van der Waals surface area contributed by atoms with Crippen molar-refractivity contribution in [2.45, 2.75) is 11.1 Å². The van der Waals surface area contributed by atoms with Crippen molar-refractivity contribution >= 4 is 38.1 Å². The van der Waals surface area contributed by atoms with Crippen LogP contribution < -0.4 is 9.46 Å². The Kier molecular flexibility index (Phi) is 7.35. The van der Waals surface area contributed by atoms with Crippen molar-refractivity contribution in [2.75, 3.05) is 4.72 Å². The fourth-order valence-corrected chi connectivity index (χ4v) is 5.55. The maximum Gasteiger partial charge on any atom is 0.433 e. The molecule has 5 rings (SSSR count). The van der Waals surface area contributed by atoms with Gasteiger partial charge in [0.25, 0.3) is 10.0 Å². The summed E-state index contributed by atoms with van der Waals surface area (Å²) in [5.74, 6) is -1.26. The van der Waals surface area contributed by atoms with Gasteiger partial charge in [0.1, 0.15) is 33.4 Å². The normalized spacial score (nSPS) is 11.8. The van der Waals surface area contributed by atoms with Crippen LogP contribution in [0.5, 0.6) is 11.5 Å². The quantitative estimate of drug-likeness (QED) is 0.209. The summed E-state index contributed by atoms with van der Waals surface area (Å²) in [5, 5.41) is 14.3. The number of halogens is 5. The predicted molar refractivity (Wildman–Crippen MR) is 138 cm³/mol. The lowest BCUT2D eigenvalue weighted by molar-refractivity contribution is -0.141. The number of rotatable bonds is 7. The van der Waals surface area contributed by atoms with E-state index in [1.165, 1.54) is 48.2 Å². The summed E-state index contributed by atoms with van der Waals surface area (Å²) in [5.41, 5.74) is 1.42. The molecule has 5 aromatic rings. The highest BCUT2D eigenvalue weighted by atomic mass is 35.5. The van der Waals surface area contributed by atoms with Crippen LogP contribution in [0.25, 0.3) is 22.4 Å². The van der Waals surface area contributed by atoms with E-state index in [9.17, 15) is 26.0 Å². The van der Waals surface area contributed by atoms with Crippen molar-refractivity contribution in [3.63, 3.8) is 0 Å². The van der Waals surface area contributed by atoms with Crippen molar-refractivity contribution in [1.29, 1.82) is 0 Å². The smallest absolute Gasteiger partial charge is 0.433 e. The standard InChI is InChI=1S/C24H13ClF4N6O3S2/c25-16-9-21(40(36,37)35-23-34-32-12-39-23)17(26)10-20(16)38-19-5-4-13(8-15(19)14-6-7-30-31-11-14)18-2-1-3-22(33-18)24(27,28)29/h1-12H,(H,34,35). The SMILES string of the molecule is O=S(=O)(Nc1nncs1)c1cc(Cl)c(Oc2ccc(-c3cccc(C(F)(F)F)n3)cc2-c2ccnnc2)cc1F. The van der Waals surface area contributed by atoms with Gasteiger partial charge >= 0.3 is 6.18 Å². The minimum atomic E-state index is -4.63. The van der Waals surface area contributed by atoms with Crippen molar-refractivity contribution in [3.05, 3.63) is 89.0 Å². The molecule has 0 amide bonds. The molecule has 0 saturated carbocycles. The van der Waals surface area contributed by atoms with Crippen molar-refractivity contribution in [3.8, 4) is 33.9 Å². The van der Waals surface area contributed by atoms with Crippen LogP contribution in [-0.4, -0.2) is 33.8 Å². The first-order chi connectivity index (χ1) is 19.0. The second-order valence-corrected chi connectivity index (χ2v) is 10.8. The van der Waals surface area contributed by atoms with Crippen molar-refractivity contribution in [1.82, 2.24) is 25.4 Å². The van der Waals surface area contributed by atoms with E-state index in [1.54, 1.807) is 6.07 Å². The molecule has 0 fully saturated rings. The third-order valence-corrected chi connectivity index (χ3v) is 7.67.